The van der Waals surface area contributed by atoms with E-state index >= 15 is 0 Å². The number of piperazine rings is 1. The normalized spacial score (nSPS) is 13.9. The number of benzene rings is 3. The summed E-state index contributed by atoms with van der Waals surface area (Å²) >= 11 is 6.04. The van der Waals surface area contributed by atoms with Crippen molar-refractivity contribution in [3.63, 3.8) is 0 Å². The van der Waals surface area contributed by atoms with Gasteiger partial charge in [-0.1, -0.05) is 35.9 Å². The number of amides is 3. The van der Waals surface area contributed by atoms with Crippen LogP contribution in [0, 0.1) is 11.6 Å². The highest BCUT2D eigenvalue weighted by atomic mass is 35.5. The fourth-order valence-electron chi connectivity index (χ4n) is 5.40. The first-order valence-corrected chi connectivity index (χ1v) is 15.4. The van der Waals surface area contributed by atoms with Gasteiger partial charge in [0.1, 0.15) is 11.9 Å². The Morgan fingerprint density at radius 2 is 1.66 bits per heavy atom. The summed E-state index contributed by atoms with van der Waals surface area (Å²) in [6.07, 6.45) is 0.0926. The fourth-order valence-corrected chi connectivity index (χ4v) is 5.52. The minimum Gasteiger partial charge on any atom is -0.448 e. The van der Waals surface area contributed by atoms with E-state index in [4.69, 9.17) is 16.0 Å². The first kappa shape index (κ1) is 33.6. The number of nitrogens with one attached hydrogen (secondary N) is 2. The molecule has 0 spiro atoms. The molecule has 0 saturated carbocycles. The Kier molecular flexibility index (Phi) is 10.5. The molecule has 0 aliphatic carbocycles. The summed E-state index contributed by atoms with van der Waals surface area (Å²) in [6.45, 7) is 2.69. The Bertz CT molecular complexity index is 1840. The van der Waals surface area contributed by atoms with Gasteiger partial charge < -0.3 is 29.8 Å². The molecule has 0 bridgehead atoms. The monoisotopic (exact) mass is 665 g/mol. The molecule has 0 unspecified atom stereocenters. The first-order chi connectivity index (χ1) is 22.5. The van der Waals surface area contributed by atoms with Crippen LogP contribution >= 0.6 is 11.6 Å². The topological polar surface area (TPSA) is 115 Å². The highest BCUT2D eigenvalue weighted by Crippen LogP contribution is 2.23. The van der Waals surface area contributed by atoms with Crippen molar-refractivity contribution in [2.24, 2.45) is 0 Å². The molecule has 1 saturated heterocycles. The Balaban J connectivity index is 1.32. The first-order valence-electron chi connectivity index (χ1n) is 15.0. The second kappa shape index (κ2) is 14.7. The van der Waals surface area contributed by atoms with Crippen molar-refractivity contribution in [2.45, 2.75) is 12.5 Å². The van der Waals surface area contributed by atoms with Gasteiger partial charge in [-0.3, -0.25) is 19.2 Å². The zero-order chi connectivity index (χ0) is 33.7. The van der Waals surface area contributed by atoms with E-state index in [1.165, 1.54) is 0 Å². The average molecular weight is 666 g/mol. The quantitative estimate of drug-likeness (QED) is 0.266. The molecule has 47 heavy (non-hydrogen) atoms. The van der Waals surface area contributed by atoms with Gasteiger partial charge in [0.2, 0.25) is 5.91 Å². The van der Waals surface area contributed by atoms with Gasteiger partial charge in [-0.05, 0) is 50.0 Å². The van der Waals surface area contributed by atoms with Crippen LogP contribution in [-0.2, 0) is 11.2 Å². The number of nitrogens with zero attached hydrogens (tertiary/aromatic N) is 3. The molecular weight excluding hydrogens is 632 g/mol. The number of para-hydroxylation sites is 1. The van der Waals surface area contributed by atoms with Crippen LogP contribution in [0.5, 0.6) is 0 Å². The molecule has 1 aliphatic heterocycles. The molecule has 3 aromatic carbocycles. The van der Waals surface area contributed by atoms with Crippen LogP contribution in [0.25, 0.3) is 11.0 Å². The van der Waals surface area contributed by atoms with Crippen molar-refractivity contribution in [2.75, 3.05) is 58.3 Å². The van der Waals surface area contributed by atoms with Crippen LogP contribution in [0.3, 0.4) is 0 Å². The summed E-state index contributed by atoms with van der Waals surface area (Å²) in [5.41, 5.74) is 0.634. The Morgan fingerprint density at radius 3 is 2.36 bits per heavy atom. The molecule has 1 atom stereocenters. The van der Waals surface area contributed by atoms with Crippen LogP contribution in [-0.4, -0.2) is 86.9 Å². The van der Waals surface area contributed by atoms with E-state index in [1.807, 2.05) is 36.0 Å². The number of rotatable bonds is 10. The van der Waals surface area contributed by atoms with Crippen LogP contribution in [0.4, 0.5) is 14.5 Å². The van der Waals surface area contributed by atoms with Gasteiger partial charge in [0, 0.05) is 68.5 Å². The second-order valence-corrected chi connectivity index (χ2v) is 11.9. The third kappa shape index (κ3) is 8.13. The van der Waals surface area contributed by atoms with Gasteiger partial charge in [0.25, 0.3) is 11.8 Å². The minimum atomic E-state index is -1.13. The smallest absolute Gasteiger partial charge is 0.287 e. The molecule has 5 rings (SSSR count). The van der Waals surface area contributed by atoms with Crippen molar-refractivity contribution in [3.05, 3.63) is 110 Å². The fraction of sp³-hybridized carbons (Fsp3) is 0.294. The van der Waals surface area contributed by atoms with Gasteiger partial charge >= 0.3 is 0 Å². The maximum Gasteiger partial charge on any atom is 0.287 e. The highest BCUT2D eigenvalue weighted by molar-refractivity contribution is 6.30. The van der Waals surface area contributed by atoms with Crippen LogP contribution in [0.15, 0.2) is 75.9 Å². The molecule has 246 valence electrons. The van der Waals surface area contributed by atoms with Crippen molar-refractivity contribution in [3.8, 4) is 0 Å². The van der Waals surface area contributed by atoms with Gasteiger partial charge in [0.15, 0.2) is 22.6 Å². The predicted octanol–water partition coefficient (Wildman–Crippen LogP) is 3.71. The summed E-state index contributed by atoms with van der Waals surface area (Å²) in [5.74, 6) is -4.08. The third-order valence-corrected chi connectivity index (χ3v) is 8.11. The number of fused-ring (bicyclic) bond motifs is 1. The molecule has 0 radical (unpaired) electrons. The second-order valence-electron chi connectivity index (χ2n) is 11.5. The van der Waals surface area contributed by atoms with Crippen LogP contribution in [0.1, 0.15) is 26.5 Å². The van der Waals surface area contributed by atoms with Crippen molar-refractivity contribution >= 4 is 46.0 Å². The van der Waals surface area contributed by atoms with Crippen LogP contribution in [0.2, 0.25) is 5.02 Å². The number of carbonyl (C=O) groups is 3. The van der Waals surface area contributed by atoms with E-state index in [1.54, 1.807) is 41.3 Å². The summed E-state index contributed by atoms with van der Waals surface area (Å²) < 4.78 is 33.5. The SMILES string of the molecule is CN(C)CCNC(=O)c1ccccc1N1CCN(C(=O)[C@@H](Cc2ccc(Cl)cc2)NC(=O)c2cc(=O)c3cc(F)cc(F)c3o2)CC1. The summed E-state index contributed by atoms with van der Waals surface area (Å²) in [5, 5.41) is 5.74. The number of likely N-dealkylation sites (N-methyl/N-ethyl adjacent to an activating group) is 1. The van der Waals surface area contributed by atoms with Crippen LogP contribution < -0.4 is 21.0 Å². The lowest BCUT2D eigenvalue weighted by atomic mass is 10.0. The molecule has 1 fully saturated rings. The van der Waals surface area contributed by atoms with Gasteiger partial charge in [-0.2, -0.15) is 0 Å². The lowest BCUT2D eigenvalue weighted by molar-refractivity contribution is -0.133. The number of halogens is 3. The number of carbonyl (C=O) groups excluding carboxylic acids is 3. The Morgan fingerprint density at radius 1 is 0.957 bits per heavy atom. The summed E-state index contributed by atoms with van der Waals surface area (Å²) in [7, 11) is 3.86. The molecular formula is C34H34ClF2N5O5. The van der Waals surface area contributed by atoms with E-state index in [2.05, 4.69) is 10.6 Å². The van der Waals surface area contributed by atoms with Crippen molar-refractivity contribution in [1.29, 1.82) is 0 Å². The largest absolute Gasteiger partial charge is 0.448 e. The average Bonchev–Trinajstić information content (AvgIpc) is 3.05. The van der Waals surface area contributed by atoms with E-state index in [-0.39, 0.29) is 23.6 Å². The molecule has 3 amide bonds. The van der Waals surface area contributed by atoms with E-state index in [9.17, 15) is 28.0 Å². The molecule has 2 heterocycles. The molecule has 2 N–H and O–H groups in total. The summed E-state index contributed by atoms with van der Waals surface area (Å²) in [6, 6.07) is 15.2. The number of anilines is 1. The van der Waals surface area contributed by atoms with Gasteiger partial charge in [-0.15, -0.1) is 0 Å². The number of hydrogen-bond donors (Lipinski definition) is 2. The van der Waals surface area contributed by atoms with E-state index < -0.39 is 40.4 Å². The minimum absolute atomic E-state index is 0.0926. The number of hydrogen-bond acceptors (Lipinski definition) is 7. The van der Waals surface area contributed by atoms with Gasteiger partial charge in [0.05, 0.1) is 10.9 Å². The molecule has 13 heteroatoms. The van der Waals surface area contributed by atoms with E-state index in [0.717, 1.165) is 17.8 Å². The van der Waals surface area contributed by atoms with Crippen molar-refractivity contribution in [1.82, 2.24) is 20.4 Å². The maximum absolute atomic E-state index is 14.4. The Hall–Kier alpha value is -4.81. The summed E-state index contributed by atoms with van der Waals surface area (Å²) in [4.78, 5) is 58.4. The molecule has 1 aromatic heterocycles. The highest BCUT2D eigenvalue weighted by Gasteiger charge is 2.31. The maximum atomic E-state index is 14.4. The third-order valence-electron chi connectivity index (χ3n) is 7.85. The molecule has 4 aromatic rings. The zero-order valence-corrected chi connectivity index (χ0v) is 26.7. The van der Waals surface area contributed by atoms with E-state index in [0.29, 0.717) is 61.5 Å². The zero-order valence-electron chi connectivity index (χ0n) is 25.9. The molecule has 10 nitrogen and oxygen atoms in total. The molecule has 1 aliphatic rings. The predicted molar refractivity (Wildman–Crippen MR) is 175 cm³/mol. The van der Waals surface area contributed by atoms with Crippen molar-refractivity contribution < 1.29 is 27.6 Å². The standard InChI is InChI=1S/C34H34ClF2N5O5/c1-40(2)12-11-38-32(44)24-5-3-4-6-28(24)41-13-15-42(16-14-41)34(46)27(17-21-7-9-22(35)10-8-21)39-33(45)30-20-29(43)25-18-23(36)19-26(37)31(25)47-30/h3-10,18-20,27H,11-17H2,1-2H3,(H,38,44)(H,39,45)/t27-/m1/s1. The lowest BCUT2D eigenvalue weighted by Crippen LogP contribution is -2.55. The van der Waals surface area contributed by atoms with Gasteiger partial charge in [-0.25, -0.2) is 8.78 Å². The lowest BCUT2D eigenvalue weighted by Gasteiger charge is -2.38. The Labute approximate surface area is 274 Å².